The zero-order valence-corrected chi connectivity index (χ0v) is 31.5. The SMILES string of the molecule is O=c1c2c3cc(-c4ccc5c(c4)c4ccccc4n5-c4ccccc4)ccc3n(-c3nc(-c4ccccc4)c4ccccc4n3)c2c2cccc3c4ccccc4n1c32. The highest BCUT2D eigenvalue weighted by Crippen LogP contribution is 2.41. The van der Waals surface area contributed by atoms with Gasteiger partial charge in [-0.2, -0.15) is 0 Å². The molecule has 0 radical (unpaired) electrons. The lowest BCUT2D eigenvalue weighted by atomic mass is 10.0. The summed E-state index contributed by atoms with van der Waals surface area (Å²) in [6.45, 7) is 0. The van der Waals surface area contributed by atoms with Crippen molar-refractivity contribution < 1.29 is 0 Å². The first-order valence-corrected chi connectivity index (χ1v) is 19.9. The van der Waals surface area contributed by atoms with E-state index in [1.165, 1.54) is 10.8 Å². The van der Waals surface area contributed by atoms with Gasteiger partial charge in [0.2, 0.25) is 5.95 Å². The van der Waals surface area contributed by atoms with Gasteiger partial charge in [0, 0.05) is 49.0 Å². The Morgan fingerprint density at radius 2 is 0.949 bits per heavy atom. The van der Waals surface area contributed by atoms with E-state index in [-0.39, 0.29) is 5.56 Å². The Labute approximate surface area is 336 Å². The molecule has 0 N–H and O–H groups in total. The van der Waals surface area contributed by atoms with Crippen LogP contribution in [0.2, 0.25) is 0 Å². The highest BCUT2D eigenvalue weighted by Gasteiger charge is 2.25. The van der Waals surface area contributed by atoms with Gasteiger partial charge in [0.05, 0.1) is 49.7 Å². The second-order valence-electron chi connectivity index (χ2n) is 15.3. The Balaban J connectivity index is 1.14. The summed E-state index contributed by atoms with van der Waals surface area (Å²) in [6, 6.07) is 65.3. The van der Waals surface area contributed by atoms with Gasteiger partial charge in [-0.1, -0.05) is 133 Å². The Morgan fingerprint density at radius 1 is 0.373 bits per heavy atom. The summed E-state index contributed by atoms with van der Waals surface area (Å²) in [5, 5.41) is 7.90. The maximum atomic E-state index is 15.3. The molecular weight excluding hydrogens is 723 g/mol. The minimum absolute atomic E-state index is 0.0590. The second kappa shape index (κ2) is 12.0. The van der Waals surface area contributed by atoms with E-state index < -0.39 is 0 Å². The number of hydrogen-bond donors (Lipinski definition) is 0. The van der Waals surface area contributed by atoms with E-state index in [9.17, 15) is 0 Å². The van der Waals surface area contributed by atoms with Crippen LogP contribution in [0, 0.1) is 0 Å². The van der Waals surface area contributed by atoms with Crippen molar-refractivity contribution in [3.8, 4) is 34.0 Å². The molecule has 5 aromatic heterocycles. The van der Waals surface area contributed by atoms with Crippen molar-refractivity contribution in [2.45, 2.75) is 0 Å². The fourth-order valence-electron chi connectivity index (χ4n) is 9.67. The third-order valence-electron chi connectivity index (χ3n) is 12.2. The Kier molecular flexibility index (Phi) is 6.50. The van der Waals surface area contributed by atoms with Crippen LogP contribution in [0.25, 0.3) is 116 Å². The molecule has 0 bridgehead atoms. The Morgan fingerprint density at radius 3 is 1.73 bits per heavy atom. The number of hydrogen-bond acceptors (Lipinski definition) is 3. The monoisotopic (exact) mass is 753 g/mol. The van der Waals surface area contributed by atoms with Gasteiger partial charge in [-0.15, -0.1) is 0 Å². The third-order valence-corrected chi connectivity index (χ3v) is 12.2. The lowest BCUT2D eigenvalue weighted by molar-refractivity contribution is 1.01. The first kappa shape index (κ1) is 32.0. The molecule has 0 amide bonds. The van der Waals surface area contributed by atoms with E-state index in [1.807, 2.05) is 59.0 Å². The van der Waals surface area contributed by atoms with Crippen LogP contribution in [0.1, 0.15) is 0 Å². The fraction of sp³-hybridized carbons (Fsp3) is 0. The lowest BCUT2D eigenvalue weighted by Gasteiger charge is -2.13. The first-order chi connectivity index (χ1) is 29.2. The summed E-state index contributed by atoms with van der Waals surface area (Å²) in [5.74, 6) is 0.519. The smallest absolute Gasteiger partial charge is 0.265 e. The molecule has 0 saturated heterocycles. The van der Waals surface area contributed by atoms with Crippen LogP contribution in [0.3, 0.4) is 0 Å². The molecule has 0 aliphatic heterocycles. The van der Waals surface area contributed by atoms with Crippen LogP contribution >= 0.6 is 0 Å². The largest absolute Gasteiger partial charge is 0.309 e. The third kappa shape index (κ3) is 4.42. The van der Waals surface area contributed by atoms with Gasteiger partial charge in [0.15, 0.2) is 0 Å². The normalized spacial score (nSPS) is 12.1. The predicted octanol–water partition coefficient (Wildman–Crippen LogP) is 12.5. The zero-order chi connectivity index (χ0) is 38.8. The van der Waals surface area contributed by atoms with Gasteiger partial charge >= 0.3 is 0 Å². The molecule has 0 spiro atoms. The predicted molar refractivity (Wildman–Crippen MR) is 243 cm³/mol. The van der Waals surface area contributed by atoms with Crippen molar-refractivity contribution in [3.63, 3.8) is 0 Å². The molecule has 8 aromatic carbocycles. The number of para-hydroxylation sites is 5. The van der Waals surface area contributed by atoms with Crippen molar-refractivity contribution >= 4 is 81.7 Å². The molecule has 0 aliphatic rings. The average Bonchev–Trinajstić information content (AvgIpc) is 3.95. The zero-order valence-electron chi connectivity index (χ0n) is 31.5. The van der Waals surface area contributed by atoms with Crippen molar-refractivity contribution in [1.29, 1.82) is 0 Å². The Bertz CT molecular complexity index is 3920. The van der Waals surface area contributed by atoms with Crippen LogP contribution in [0.5, 0.6) is 0 Å². The molecule has 0 unspecified atom stereocenters. The van der Waals surface area contributed by atoms with Gasteiger partial charge < -0.3 is 4.57 Å². The molecule has 5 heterocycles. The van der Waals surface area contributed by atoms with Crippen molar-refractivity contribution in [3.05, 3.63) is 198 Å². The molecule has 0 aliphatic carbocycles. The van der Waals surface area contributed by atoms with E-state index in [2.05, 4.69) is 143 Å². The summed E-state index contributed by atoms with van der Waals surface area (Å²) >= 11 is 0. The van der Waals surface area contributed by atoms with E-state index in [4.69, 9.17) is 9.97 Å². The molecule has 6 heteroatoms. The number of aromatic nitrogens is 5. The minimum atomic E-state index is -0.0590. The van der Waals surface area contributed by atoms with E-state index in [0.717, 1.165) is 93.6 Å². The van der Waals surface area contributed by atoms with Gasteiger partial charge in [0.1, 0.15) is 0 Å². The van der Waals surface area contributed by atoms with Gasteiger partial charge in [-0.3, -0.25) is 13.8 Å². The maximum absolute atomic E-state index is 15.3. The minimum Gasteiger partial charge on any atom is -0.309 e. The number of fused-ring (bicyclic) bond motifs is 11. The van der Waals surface area contributed by atoms with Crippen molar-refractivity contribution in [2.24, 2.45) is 0 Å². The summed E-state index contributed by atoms with van der Waals surface area (Å²) in [6.07, 6.45) is 0. The highest BCUT2D eigenvalue weighted by atomic mass is 16.1. The highest BCUT2D eigenvalue weighted by molar-refractivity contribution is 6.24. The maximum Gasteiger partial charge on any atom is 0.265 e. The molecule has 6 nitrogen and oxygen atoms in total. The van der Waals surface area contributed by atoms with E-state index in [0.29, 0.717) is 11.3 Å². The molecule has 0 saturated carbocycles. The summed E-state index contributed by atoms with van der Waals surface area (Å²) < 4.78 is 6.37. The van der Waals surface area contributed by atoms with Crippen LogP contribution in [0.4, 0.5) is 0 Å². The average molecular weight is 754 g/mol. The van der Waals surface area contributed by atoms with E-state index in [1.54, 1.807) is 0 Å². The molecule has 13 aromatic rings. The molecule has 13 rings (SSSR count). The van der Waals surface area contributed by atoms with Gasteiger partial charge in [-0.05, 0) is 65.7 Å². The molecular formula is C53H31N5O. The first-order valence-electron chi connectivity index (χ1n) is 19.9. The van der Waals surface area contributed by atoms with Crippen molar-refractivity contribution in [2.75, 3.05) is 0 Å². The topological polar surface area (TPSA) is 57.1 Å². The van der Waals surface area contributed by atoms with Gasteiger partial charge in [-0.25, -0.2) is 9.97 Å². The summed E-state index contributed by atoms with van der Waals surface area (Å²) in [4.78, 5) is 26.0. The summed E-state index contributed by atoms with van der Waals surface area (Å²) in [7, 11) is 0. The van der Waals surface area contributed by atoms with Crippen LogP contribution in [-0.2, 0) is 0 Å². The fourth-order valence-corrected chi connectivity index (χ4v) is 9.67. The number of rotatable bonds is 4. The molecule has 59 heavy (non-hydrogen) atoms. The second-order valence-corrected chi connectivity index (χ2v) is 15.3. The van der Waals surface area contributed by atoms with Crippen LogP contribution in [0.15, 0.2) is 193 Å². The molecule has 0 fully saturated rings. The number of pyridine rings is 1. The number of nitrogens with zero attached hydrogens (tertiary/aromatic N) is 5. The van der Waals surface area contributed by atoms with Crippen LogP contribution < -0.4 is 5.56 Å². The lowest BCUT2D eigenvalue weighted by Crippen LogP contribution is -2.13. The molecule has 274 valence electrons. The quantitative estimate of drug-likeness (QED) is 0.180. The Hall–Kier alpha value is -8.09. The summed E-state index contributed by atoms with van der Waals surface area (Å²) in [5.41, 5.74) is 11.6. The van der Waals surface area contributed by atoms with Crippen LogP contribution in [-0.4, -0.2) is 23.5 Å². The van der Waals surface area contributed by atoms with E-state index >= 15 is 4.79 Å². The standard InChI is InChI=1S/C53H31N5O/c59-52-48-42-31-34(33-26-28-46-41(30-33)37-19-9-11-24-44(37)56(46)35-16-5-2-6-17-35)27-29-47(42)58(51(48)40-22-13-21-38-36-18-8-12-25-45(36)57(52)50(38)40)53-54-43-23-10-7-20-39(43)49(55-53)32-14-3-1-4-15-32/h1-31H. The van der Waals surface area contributed by atoms with Gasteiger partial charge in [0.25, 0.3) is 5.56 Å². The number of benzene rings is 8. The molecule has 0 atom stereocenters. The van der Waals surface area contributed by atoms with Crippen molar-refractivity contribution in [1.82, 2.24) is 23.5 Å².